The van der Waals surface area contributed by atoms with Crippen LogP contribution in [0.5, 0.6) is 0 Å². The molecule has 7 heteroatoms. The van der Waals surface area contributed by atoms with E-state index in [2.05, 4.69) is 4.98 Å². The monoisotopic (exact) mass is 273 g/mol. The molecule has 0 aliphatic heterocycles. The van der Waals surface area contributed by atoms with Gasteiger partial charge < -0.3 is 10.3 Å². The van der Waals surface area contributed by atoms with Crippen molar-refractivity contribution in [3.8, 4) is 11.3 Å². The number of alkyl halides is 3. The Labute approximate surface area is 106 Å². The van der Waals surface area contributed by atoms with Gasteiger partial charge in [-0.25, -0.2) is 9.37 Å². The Kier molecular flexibility index (Phi) is 3.21. The molecule has 0 bridgehead atoms. The first-order valence-corrected chi connectivity index (χ1v) is 5.52. The molecule has 0 fully saturated rings. The number of hydrogen-bond acceptors (Lipinski definition) is 2. The molecule has 2 rings (SSSR count). The Hall–Kier alpha value is -2.05. The van der Waals surface area contributed by atoms with Crippen molar-refractivity contribution < 1.29 is 17.6 Å². The second-order valence-corrected chi connectivity index (χ2v) is 3.95. The van der Waals surface area contributed by atoms with Crippen molar-refractivity contribution in [3.05, 3.63) is 35.9 Å². The summed E-state index contributed by atoms with van der Waals surface area (Å²) in [6.07, 6.45) is -3.31. The predicted octanol–water partition coefficient (Wildman–Crippen LogP) is 3.31. The number of benzene rings is 1. The number of aryl methyl sites for hydroxylation is 1. The van der Waals surface area contributed by atoms with Crippen LogP contribution in [0, 0.1) is 5.82 Å². The molecule has 2 N–H and O–H groups in total. The maximum atomic E-state index is 13.0. The van der Waals surface area contributed by atoms with Gasteiger partial charge in [-0.05, 0) is 25.1 Å². The molecular formula is C12H11F4N3. The van der Waals surface area contributed by atoms with Gasteiger partial charge in [0.15, 0.2) is 0 Å². The third-order valence-electron chi connectivity index (χ3n) is 2.76. The lowest BCUT2D eigenvalue weighted by Crippen LogP contribution is -2.09. The van der Waals surface area contributed by atoms with E-state index in [1.165, 1.54) is 10.9 Å². The number of rotatable bonds is 2. The molecular weight excluding hydrogens is 262 g/mol. The number of imidazole rings is 1. The molecule has 0 atom stereocenters. The van der Waals surface area contributed by atoms with E-state index < -0.39 is 17.6 Å². The molecule has 19 heavy (non-hydrogen) atoms. The molecule has 102 valence electrons. The third kappa shape index (κ3) is 2.40. The number of nitrogens with zero attached hydrogens (tertiary/aromatic N) is 2. The normalized spacial score (nSPS) is 11.8. The molecule has 0 saturated heterocycles. The summed E-state index contributed by atoms with van der Waals surface area (Å²) >= 11 is 0. The highest BCUT2D eigenvalue weighted by molar-refractivity contribution is 5.73. The van der Waals surface area contributed by atoms with Gasteiger partial charge in [-0.1, -0.05) is 0 Å². The van der Waals surface area contributed by atoms with Crippen LogP contribution in [0.4, 0.5) is 23.4 Å². The Balaban J connectivity index is 2.65. The molecule has 3 nitrogen and oxygen atoms in total. The van der Waals surface area contributed by atoms with Gasteiger partial charge >= 0.3 is 6.18 Å². The second-order valence-electron chi connectivity index (χ2n) is 3.95. The lowest BCUT2D eigenvalue weighted by atomic mass is 10.0. The molecule has 0 amide bonds. The first-order chi connectivity index (χ1) is 8.84. The molecule has 1 aromatic carbocycles. The van der Waals surface area contributed by atoms with Crippen molar-refractivity contribution in [2.24, 2.45) is 0 Å². The zero-order valence-electron chi connectivity index (χ0n) is 10.0. The first kappa shape index (κ1) is 13.4. The summed E-state index contributed by atoms with van der Waals surface area (Å²) in [5, 5.41) is 0. The van der Waals surface area contributed by atoms with Crippen molar-refractivity contribution in [2.75, 3.05) is 5.73 Å². The number of nitrogens with two attached hydrogens (primary N) is 1. The minimum absolute atomic E-state index is 0.00850. The molecule has 1 heterocycles. The smallest absolute Gasteiger partial charge is 0.383 e. The van der Waals surface area contributed by atoms with Crippen molar-refractivity contribution in [2.45, 2.75) is 19.6 Å². The molecule has 0 radical (unpaired) electrons. The van der Waals surface area contributed by atoms with Gasteiger partial charge in [-0.3, -0.25) is 0 Å². The van der Waals surface area contributed by atoms with Gasteiger partial charge in [0.25, 0.3) is 0 Å². The first-order valence-electron chi connectivity index (χ1n) is 5.52. The largest absolute Gasteiger partial charge is 0.417 e. The van der Waals surface area contributed by atoms with Crippen LogP contribution in [-0.4, -0.2) is 9.55 Å². The van der Waals surface area contributed by atoms with Crippen molar-refractivity contribution >= 4 is 5.82 Å². The molecule has 0 saturated carbocycles. The van der Waals surface area contributed by atoms with Crippen molar-refractivity contribution in [1.29, 1.82) is 0 Å². The average molecular weight is 273 g/mol. The highest BCUT2D eigenvalue weighted by Crippen LogP contribution is 2.38. The molecule has 0 spiro atoms. The summed E-state index contributed by atoms with van der Waals surface area (Å²) in [5.74, 6) is -0.829. The van der Waals surface area contributed by atoms with Gasteiger partial charge in [-0.2, -0.15) is 13.2 Å². The fraction of sp³-hybridized carbons (Fsp3) is 0.250. The summed E-state index contributed by atoms with van der Waals surface area (Å²) in [6, 6.07) is 2.44. The van der Waals surface area contributed by atoms with Crippen LogP contribution in [0.3, 0.4) is 0 Å². The Morgan fingerprint density at radius 1 is 1.32 bits per heavy atom. The van der Waals surface area contributed by atoms with Gasteiger partial charge in [0.1, 0.15) is 17.3 Å². The topological polar surface area (TPSA) is 43.8 Å². The van der Waals surface area contributed by atoms with Gasteiger partial charge in [0, 0.05) is 12.1 Å². The minimum atomic E-state index is -4.67. The van der Waals surface area contributed by atoms with E-state index in [1.807, 2.05) is 0 Å². The van der Waals surface area contributed by atoms with Crippen LogP contribution in [0.1, 0.15) is 12.5 Å². The summed E-state index contributed by atoms with van der Waals surface area (Å²) in [5.41, 5.74) is 4.44. The number of halogens is 4. The minimum Gasteiger partial charge on any atom is -0.383 e. The summed E-state index contributed by atoms with van der Waals surface area (Å²) in [6.45, 7) is 2.28. The average Bonchev–Trinajstić information content (AvgIpc) is 2.69. The van der Waals surface area contributed by atoms with Crippen LogP contribution in [-0.2, 0) is 12.7 Å². The van der Waals surface area contributed by atoms with E-state index in [0.29, 0.717) is 12.6 Å². The van der Waals surface area contributed by atoms with Crippen LogP contribution >= 0.6 is 0 Å². The highest BCUT2D eigenvalue weighted by atomic mass is 19.4. The van der Waals surface area contributed by atoms with E-state index in [-0.39, 0.29) is 17.1 Å². The number of anilines is 1. The van der Waals surface area contributed by atoms with E-state index >= 15 is 0 Å². The fourth-order valence-electron chi connectivity index (χ4n) is 1.81. The lowest BCUT2D eigenvalue weighted by molar-refractivity contribution is -0.137. The van der Waals surface area contributed by atoms with Crippen LogP contribution in [0.15, 0.2) is 24.5 Å². The summed E-state index contributed by atoms with van der Waals surface area (Å²) in [7, 11) is 0. The lowest BCUT2D eigenvalue weighted by Gasteiger charge is -2.12. The van der Waals surface area contributed by atoms with E-state index in [9.17, 15) is 17.6 Å². The van der Waals surface area contributed by atoms with Gasteiger partial charge in [0.05, 0.1) is 11.9 Å². The van der Waals surface area contributed by atoms with E-state index in [1.54, 1.807) is 6.92 Å². The van der Waals surface area contributed by atoms with E-state index in [0.717, 1.165) is 12.1 Å². The molecule has 1 aromatic heterocycles. The zero-order chi connectivity index (χ0) is 14.2. The Morgan fingerprint density at radius 2 is 2.00 bits per heavy atom. The van der Waals surface area contributed by atoms with E-state index in [4.69, 9.17) is 5.73 Å². The maximum Gasteiger partial charge on any atom is 0.417 e. The van der Waals surface area contributed by atoms with Crippen molar-refractivity contribution in [3.63, 3.8) is 0 Å². The van der Waals surface area contributed by atoms with Crippen LogP contribution in [0.2, 0.25) is 0 Å². The zero-order valence-corrected chi connectivity index (χ0v) is 10.0. The second kappa shape index (κ2) is 4.56. The quantitative estimate of drug-likeness (QED) is 0.853. The van der Waals surface area contributed by atoms with Crippen LogP contribution in [0.25, 0.3) is 11.3 Å². The fourth-order valence-corrected chi connectivity index (χ4v) is 1.81. The Morgan fingerprint density at radius 3 is 2.53 bits per heavy atom. The number of nitrogen functional groups attached to an aromatic ring is 1. The van der Waals surface area contributed by atoms with Crippen molar-refractivity contribution in [1.82, 2.24) is 9.55 Å². The third-order valence-corrected chi connectivity index (χ3v) is 2.76. The Bertz CT molecular complexity index is 602. The van der Waals surface area contributed by atoms with Gasteiger partial charge in [-0.15, -0.1) is 0 Å². The number of hydrogen-bond donors (Lipinski definition) is 1. The molecule has 0 aliphatic rings. The summed E-state index contributed by atoms with van der Waals surface area (Å²) in [4.78, 5) is 3.88. The highest BCUT2D eigenvalue weighted by Gasteiger charge is 2.35. The number of aromatic nitrogens is 2. The SMILES string of the molecule is CCn1cnc(-c2ccc(F)cc2C(F)(F)F)c1N. The molecule has 0 unspecified atom stereocenters. The van der Waals surface area contributed by atoms with Gasteiger partial charge in [0.2, 0.25) is 0 Å². The molecule has 2 aromatic rings. The summed E-state index contributed by atoms with van der Waals surface area (Å²) < 4.78 is 53.2. The maximum absolute atomic E-state index is 13.0. The standard InChI is InChI=1S/C12H11F4N3/c1-2-19-6-18-10(11(19)17)8-4-3-7(13)5-9(8)12(14,15)16/h3-6H,2,17H2,1H3. The predicted molar refractivity (Wildman–Crippen MR) is 62.7 cm³/mol. The van der Waals surface area contributed by atoms with Crippen LogP contribution < -0.4 is 5.73 Å². The molecule has 0 aliphatic carbocycles.